The second-order valence-corrected chi connectivity index (χ2v) is 9.22. The van der Waals surface area contributed by atoms with Gasteiger partial charge in [0.1, 0.15) is 0 Å². The zero-order valence-corrected chi connectivity index (χ0v) is 18.1. The van der Waals surface area contributed by atoms with Crippen LogP contribution in [0.4, 0.5) is 17.1 Å². The lowest BCUT2D eigenvalue weighted by atomic mass is 9.82. The number of fused-ring (bicyclic) bond motifs is 5. The Balaban J connectivity index is 1.60. The third-order valence-electron chi connectivity index (χ3n) is 5.92. The van der Waals surface area contributed by atoms with Gasteiger partial charge in [-0.25, -0.2) is 4.99 Å². The molecule has 1 atom stereocenters. The molecule has 3 aliphatic rings. The van der Waals surface area contributed by atoms with Crippen molar-refractivity contribution in [3.63, 3.8) is 0 Å². The van der Waals surface area contributed by atoms with Gasteiger partial charge in [-0.05, 0) is 31.2 Å². The number of benzene rings is 3. The Labute approximate surface area is 189 Å². The lowest BCUT2D eigenvalue weighted by Gasteiger charge is -2.28. The molecule has 1 heterocycles. The number of nitrogens with zero attached hydrogens (tertiary/aromatic N) is 1. The summed E-state index contributed by atoms with van der Waals surface area (Å²) in [6.45, 7) is 2.03. The van der Waals surface area contributed by atoms with E-state index in [9.17, 15) is 9.59 Å². The molecular weight excluding hydrogens is 416 g/mol. The Morgan fingerprint density at radius 2 is 1.62 bits per heavy atom. The molecule has 0 bridgehead atoms. The first-order valence-electron chi connectivity index (χ1n) is 10.4. The number of aryl methyl sites for hydroxylation is 1. The van der Waals surface area contributed by atoms with Gasteiger partial charge in [-0.15, -0.1) is 11.8 Å². The lowest BCUT2D eigenvalue weighted by molar-refractivity contribution is 0.0980. The summed E-state index contributed by atoms with van der Waals surface area (Å²) in [6.07, 6.45) is 8.02. The monoisotopic (exact) mass is 434 g/mol. The maximum atomic E-state index is 13.6. The number of allylic oxidation sites excluding steroid dienone is 3. The molecule has 0 aromatic heterocycles. The number of thioether (sulfide) groups is 1. The molecule has 0 amide bonds. The van der Waals surface area contributed by atoms with Crippen LogP contribution in [0.3, 0.4) is 0 Å². The normalized spacial score (nSPS) is 17.8. The molecule has 4 nitrogen and oxygen atoms in total. The van der Waals surface area contributed by atoms with E-state index in [1.54, 1.807) is 36.0 Å². The average molecular weight is 435 g/mol. The fourth-order valence-electron chi connectivity index (χ4n) is 4.32. The summed E-state index contributed by atoms with van der Waals surface area (Å²) in [6, 6.07) is 17.0. The summed E-state index contributed by atoms with van der Waals surface area (Å²) in [5.41, 5.74) is 5.80. The summed E-state index contributed by atoms with van der Waals surface area (Å²) in [7, 11) is 0. The molecule has 1 aliphatic heterocycles. The first-order valence-corrected chi connectivity index (χ1v) is 11.3. The van der Waals surface area contributed by atoms with E-state index in [2.05, 4.69) is 11.4 Å². The second-order valence-electron chi connectivity index (χ2n) is 8.03. The van der Waals surface area contributed by atoms with E-state index in [0.717, 1.165) is 21.9 Å². The van der Waals surface area contributed by atoms with E-state index >= 15 is 0 Å². The number of rotatable bonds is 2. The molecule has 6 rings (SSSR count). The van der Waals surface area contributed by atoms with Crippen LogP contribution in [-0.4, -0.2) is 22.5 Å². The molecule has 0 saturated heterocycles. The van der Waals surface area contributed by atoms with Crippen LogP contribution >= 0.6 is 11.8 Å². The summed E-state index contributed by atoms with van der Waals surface area (Å²) in [5, 5.41) is 3.49. The number of anilines is 2. The van der Waals surface area contributed by atoms with Gasteiger partial charge in [-0.1, -0.05) is 60.2 Å². The second kappa shape index (κ2) is 7.18. The number of aliphatic imine (C=N–C) groups is 1. The number of carbonyl (C=O) groups excluding carboxylic acids is 2. The molecule has 2 aliphatic carbocycles. The zero-order valence-electron chi connectivity index (χ0n) is 17.3. The number of ketones is 2. The van der Waals surface area contributed by atoms with Crippen molar-refractivity contribution in [1.29, 1.82) is 0 Å². The van der Waals surface area contributed by atoms with Crippen LogP contribution in [0.1, 0.15) is 37.4 Å². The Bertz CT molecular complexity index is 1410. The Morgan fingerprint density at radius 3 is 2.38 bits per heavy atom. The molecule has 3 aromatic carbocycles. The van der Waals surface area contributed by atoms with Crippen molar-refractivity contribution in [3.05, 3.63) is 107 Å². The van der Waals surface area contributed by atoms with Gasteiger partial charge in [-0.2, -0.15) is 0 Å². The minimum Gasteiger partial charge on any atom is -0.355 e. The molecule has 0 radical (unpaired) electrons. The smallest absolute Gasteiger partial charge is 0.196 e. The van der Waals surface area contributed by atoms with Crippen LogP contribution in [0.2, 0.25) is 0 Å². The average Bonchev–Trinajstić information content (AvgIpc) is 2.82. The predicted octanol–water partition coefficient (Wildman–Crippen LogP) is 6.19. The van der Waals surface area contributed by atoms with Crippen LogP contribution < -0.4 is 5.32 Å². The minimum absolute atomic E-state index is 0.0967. The Kier molecular flexibility index (Phi) is 4.26. The third-order valence-corrected chi connectivity index (χ3v) is 7.13. The van der Waals surface area contributed by atoms with Gasteiger partial charge in [0, 0.05) is 21.7 Å². The van der Waals surface area contributed by atoms with Crippen molar-refractivity contribution in [1.82, 2.24) is 0 Å². The first-order chi connectivity index (χ1) is 15.6. The highest BCUT2D eigenvalue weighted by Gasteiger charge is 2.37. The van der Waals surface area contributed by atoms with Crippen LogP contribution in [0.15, 0.2) is 88.8 Å². The van der Waals surface area contributed by atoms with Crippen molar-refractivity contribution in [3.8, 4) is 0 Å². The molecule has 3 aromatic rings. The molecule has 0 fully saturated rings. The van der Waals surface area contributed by atoms with E-state index in [1.165, 1.54) is 0 Å². The highest BCUT2D eigenvalue weighted by atomic mass is 32.2. The van der Waals surface area contributed by atoms with Crippen molar-refractivity contribution < 1.29 is 9.59 Å². The Hall–Kier alpha value is -3.70. The highest BCUT2D eigenvalue weighted by Crippen LogP contribution is 2.48. The number of nitrogens with one attached hydrogen (secondary N) is 1. The van der Waals surface area contributed by atoms with Gasteiger partial charge < -0.3 is 5.32 Å². The van der Waals surface area contributed by atoms with Crippen molar-refractivity contribution in [2.75, 3.05) is 5.32 Å². The third kappa shape index (κ3) is 2.89. The molecule has 32 heavy (non-hydrogen) atoms. The summed E-state index contributed by atoms with van der Waals surface area (Å²) >= 11 is 1.65. The minimum atomic E-state index is -0.155. The largest absolute Gasteiger partial charge is 0.355 e. The molecule has 0 saturated carbocycles. The van der Waals surface area contributed by atoms with E-state index in [0.29, 0.717) is 33.6 Å². The van der Waals surface area contributed by atoms with Crippen LogP contribution in [0.25, 0.3) is 0 Å². The van der Waals surface area contributed by atoms with Gasteiger partial charge in [-0.3, -0.25) is 9.59 Å². The molecule has 0 spiro atoms. The van der Waals surface area contributed by atoms with Crippen LogP contribution in [0, 0.1) is 6.92 Å². The van der Waals surface area contributed by atoms with Crippen LogP contribution in [-0.2, 0) is 0 Å². The summed E-state index contributed by atoms with van der Waals surface area (Å²) in [5.74, 6) is -0.309. The van der Waals surface area contributed by atoms with Gasteiger partial charge >= 0.3 is 0 Å². The molecule has 1 unspecified atom stereocenters. The zero-order chi connectivity index (χ0) is 21.8. The maximum absolute atomic E-state index is 13.6. The standard InChI is InChI=1S/C27H18N2O2S/c1-15-10-12-16(13-11-15)28-20-14-22-25(29-19-8-4-5-9-21(19)32-22)24-23(20)26(30)17-6-2-3-7-18(17)27(24)31/h2-14,21,28H,1H3. The van der Waals surface area contributed by atoms with Crippen LogP contribution in [0.5, 0.6) is 0 Å². The van der Waals surface area contributed by atoms with E-state index in [-0.39, 0.29) is 16.8 Å². The molecular formula is C27H18N2O2S. The van der Waals surface area contributed by atoms with Gasteiger partial charge in [0.05, 0.1) is 33.5 Å². The van der Waals surface area contributed by atoms with Gasteiger partial charge in [0.2, 0.25) is 0 Å². The quantitative estimate of drug-likeness (QED) is 0.409. The Morgan fingerprint density at radius 1 is 0.906 bits per heavy atom. The topological polar surface area (TPSA) is 58.5 Å². The molecule has 5 heteroatoms. The van der Waals surface area contributed by atoms with E-state index in [4.69, 9.17) is 4.99 Å². The number of hydrogen-bond acceptors (Lipinski definition) is 5. The van der Waals surface area contributed by atoms with E-state index in [1.807, 2.05) is 55.5 Å². The highest BCUT2D eigenvalue weighted by molar-refractivity contribution is 8.01. The number of hydrogen-bond donors (Lipinski definition) is 1. The summed E-state index contributed by atoms with van der Waals surface area (Å²) < 4.78 is 0. The van der Waals surface area contributed by atoms with Gasteiger partial charge in [0.25, 0.3) is 0 Å². The maximum Gasteiger partial charge on any atom is 0.196 e. The predicted molar refractivity (Wildman–Crippen MR) is 129 cm³/mol. The SMILES string of the molecule is Cc1ccc(Nc2cc3c(c4c2C(=O)c2ccccc2C4=O)N=C2C=CC=CC2S3)cc1. The first kappa shape index (κ1) is 19.0. The fraction of sp³-hybridized carbons (Fsp3) is 0.0741. The van der Waals surface area contributed by atoms with Gasteiger partial charge in [0.15, 0.2) is 11.6 Å². The number of carbonyl (C=O) groups is 2. The van der Waals surface area contributed by atoms with Crippen molar-refractivity contribution >= 4 is 46.1 Å². The lowest BCUT2D eigenvalue weighted by Crippen LogP contribution is -2.24. The van der Waals surface area contributed by atoms with Crippen molar-refractivity contribution in [2.45, 2.75) is 17.1 Å². The van der Waals surface area contributed by atoms with Crippen molar-refractivity contribution in [2.24, 2.45) is 4.99 Å². The van der Waals surface area contributed by atoms with E-state index < -0.39 is 0 Å². The molecule has 1 N–H and O–H groups in total. The fourth-order valence-corrected chi connectivity index (χ4v) is 5.46. The summed E-state index contributed by atoms with van der Waals surface area (Å²) in [4.78, 5) is 33.0. The molecule has 154 valence electrons.